The third kappa shape index (κ3) is 11.2. The summed E-state index contributed by atoms with van der Waals surface area (Å²) in [7, 11) is 0. The van der Waals surface area contributed by atoms with Crippen molar-refractivity contribution in [3.05, 3.63) is 84.7 Å². The molecule has 0 aromatic carbocycles. The van der Waals surface area contributed by atoms with Crippen LogP contribution in [0.5, 0.6) is 0 Å². The van der Waals surface area contributed by atoms with Gasteiger partial charge in [-0.1, -0.05) is 49.3 Å². The van der Waals surface area contributed by atoms with Crippen molar-refractivity contribution in [3.8, 4) is 0 Å². The topological polar surface area (TPSA) is 355 Å². The Kier molecular flexibility index (Phi) is 15.5. The first-order chi connectivity index (χ1) is 29.0. The molecule has 8 bridgehead atoms. The number of nitrogens with zero attached hydrogens (tertiary/aromatic N) is 4. The maximum Gasteiger partial charge on any atom is 4.00 e. The average Bonchev–Trinajstić information content (AvgIpc) is 3.77. The Hall–Kier alpha value is -6.34. The summed E-state index contributed by atoms with van der Waals surface area (Å²) in [4.78, 5) is 103. The summed E-state index contributed by atoms with van der Waals surface area (Å²) in [5.41, 5.74) is -2.14. The van der Waals surface area contributed by atoms with Crippen LogP contribution in [0.2, 0.25) is 0 Å². The molecule has 20 nitrogen and oxygen atoms in total. The zero-order valence-corrected chi connectivity index (χ0v) is 35.2. The van der Waals surface area contributed by atoms with Crippen molar-refractivity contribution >= 4 is 59.9 Å². The number of hydrogen-bond donors (Lipinski definition) is 8. The van der Waals surface area contributed by atoms with Crippen LogP contribution in [-0.2, 0) is 68.3 Å². The summed E-state index contributed by atoms with van der Waals surface area (Å²) < 4.78 is 0. The van der Waals surface area contributed by atoms with Gasteiger partial charge in [-0.2, -0.15) is 22.8 Å². The van der Waals surface area contributed by atoms with Crippen LogP contribution < -0.4 is 4.98 Å². The van der Waals surface area contributed by atoms with Crippen LogP contribution in [0.4, 0.5) is 0 Å². The van der Waals surface area contributed by atoms with E-state index in [2.05, 4.69) is 0 Å². The molecule has 6 atom stereocenters. The normalized spacial score (nSPS) is 27.9. The number of carbonyl (C=O) groups is 8. The maximum absolute atomic E-state index is 12.6. The SMILES string of the molecule is C[C@]1(CC(=O)O)C(CCC(=O)O)=C2/C=C3/[N-]/C(=C\c4[n-]c(c(CCC(=O)O)c4CC(=O)O)/C=C4/[N-]/C(=C\C1[N-]2)[C@@H](CC(=O)O)[C@H]4CCC(=O)O)[C@@H](CCC(=O)O)[C@]3(C)CC(=O)O.[Fe+4]. The summed E-state index contributed by atoms with van der Waals surface area (Å²) >= 11 is 0. The Morgan fingerprint density at radius 1 is 0.571 bits per heavy atom. The zero-order valence-electron chi connectivity index (χ0n) is 34.1. The van der Waals surface area contributed by atoms with E-state index >= 15 is 0 Å². The summed E-state index contributed by atoms with van der Waals surface area (Å²) in [6.45, 7) is 3.08. The largest absolute Gasteiger partial charge is 4.00 e. The van der Waals surface area contributed by atoms with E-state index in [4.69, 9.17) is 20.9 Å². The molecule has 4 aliphatic heterocycles. The van der Waals surface area contributed by atoms with Crippen molar-refractivity contribution in [1.29, 1.82) is 0 Å². The minimum Gasteiger partial charge on any atom is -0.678 e. The smallest absolute Gasteiger partial charge is 0.678 e. The minimum absolute atomic E-state index is 0. The molecular formula is C42H46FeN4O16. The van der Waals surface area contributed by atoms with E-state index in [-0.39, 0.29) is 99.3 Å². The Morgan fingerprint density at radius 3 is 1.70 bits per heavy atom. The molecule has 0 saturated carbocycles. The molecule has 1 aromatic heterocycles. The van der Waals surface area contributed by atoms with E-state index < -0.39 is 134 Å². The molecule has 21 heteroatoms. The van der Waals surface area contributed by atoms with Gasteiger partial charge in [-0.05, 0) is 59.8 Å². The molecule has 0 aliphatic carbocycles. The molecule has 0 radical (unpaired) electrons. The number of hydrogen-bond acceptors (Lipinski definition) is 8. The third-order valence-electron chi connectivity index (χ3n) is 12.0. The van der Waals surface area contributed by atoms with E-state index in [0.717, 1.165) is 0 Å². The van der Waals surface area contributed by atoms with Gasteiger partial charge in [-0.15, -0.1) is 23.2 Å². The first-order valence-electron chi connectivity index (χ1n) is 19.7. The monoisotopic (exact) mass is 918 g/mol. The molecule has 5 heterocycles. The molecule has 1 unspecified atom stereocenters. The molecule has 0 amide bonds. The van der Waals surface area contributed by atoms with Gasteiger partial charge in [-0.25, -0.2) is 0 Å². The average molecular weight is 919 g/mol. The van der Waals surface area contributed by atoms with Crippen molar-refractivity contribution in [2.75, 3.05) is 0 Å². The van der Waals surface area contributed by atoms with E-state index in [1.807, 2.05) is 0 Å². The number of allylic oxidation sites excluding steroid dienone is 5. The number of rotatable bonds is 20. The van der Waals surface area contributed by atoms with Crippen molar-refractivity contribution in [2.45, 2.75) is 96.9 Å². The number of aliphatic carboxylic acids is 8. The standard InChI is InChI=1S/C42H46N4O16.Fe/c1-41(17-39(59)60)23(5-9-35(51)52)29-14-27-21(11-37(55)56)19(3-7-33(47)48)25(43-27)13-26-20(4-8-34(49)50)22(12-38(57)58)28(44-26)15-31-42(2,18-40(61)62)24(6-10-36(53)54)30(46-31)16-32(41)45-29;/h13-16,20,22-23,31H,3-12,17-18H2,1-2H3,(H,47,48)(H,49,50)(H,51,52)(H,53,54)(H,55,56)(H,57,58)(H,59,60)(H,61,62);/q-4;+4/b26-13+,28-15-,29-14-,32-16+;/t20-,22+,23-,31?,41+,42+;/m1./s1. The Balaban J connectivity index is 0.00000871. The van der Waals surface area contributed by atoms with Crippen molar-refractivity contribution < 1.29 is 96.3 Å². The fraction of sp³-hybridized carbons (Fsp3) is 0.476. The van der Waals surface area contributed by atoms with Gasteiger partial charge in [0.15, 0.2) is 0 Å². The van der Waals surface area contributed by atoms with Crippen LogP contribution in [0.15, 0.2) is 46.2 Å². The molecule has 338 valence electrons. The van der Waals surface area contributed by atoms with Gasteiger partial charge < -0.3 is 61.8 Å². The van der Waals surface area contributed by atoms with Gasteiger partial charge in [0.25, 0.3) is 0 Å². The molecule has 4 aliphatic rings. The molecule has 1 aromatic rings. The van der Waals surface area contributed by atoms with Gasteiger partial charge >= 0.3 is 64.8 Å². The van der Waals surface area contributed by atoms with Gasteiger partial charge in [-0.3, -0.25) is 38.4 Å². The Morgan fingerprint density at radius 2 is 1.13 bits per heavy atom. The Bertz CT molecular complexity index is 2250. The quantitative estimate of drug-likeness (QED) is 0.0757. The van der Waals surface area contributed by atoms with Crippen LogP contribution in [0.1, 0.15) is 101 Å². The summed E-state index contributed by atoms with van der Waals surface area (Å²) in [5.74, 6) is -13.0. The Labute approximate surface area is 370 Å². The predicted octanol–water partition coefficient (Wildman–Crippen LogP) is 5.41. The molecule has 8 N–H and O–H groups in total. The van der Waals surface area contributed by atoms with E-state index in [0.29, 0.717) is 0 Å². The fourth-order valence-electron chi connectivity index (χ4n) is 9.13. The fourth-order valence-corrected chi connectivity index (χ4v) is 9.13. The van der Waals surface area contributed by atoms with Crippen LogP contribution >= 0.6 is 0 Å². The van der Waals surface area contributed by atoms with Crippen molar-refractivity contribution in [2.24, 2.45) is 28.6 Å². The van der Waals surface area contributed by atoms with Crippen LogP contribution in [-0.4, -0.2) is 94.6 Å². The summed E-state index contributed by atoms with van der Waals surface area (Å²) in [5, 5.41) is 94.2. The van der Waals surface area contributed by atoms with Gasteiger partial charge in [0, 0.05) is 25.7 Å². The first-order valence-corrected chi connectivity index (χ1v) is 19.7. The minimum atomic E-state index is -1.50. The van der Waals surface area contributed by atoms with E-state index in [1.165, 1.54) is 31.2 Å². The number of aromatic nitrogens is 1. The maximum atomic E-state index is 12.6. The molecular weight excluding hydrogens is 872 g/mol. The van der Waals surface area contributed by atoms with Crippen LogP contribution in [0.3, 0.4) is 0 Å². The molecule has 2 fully saturated rings. The molecule has 2 saturated heterocycles. The van der Waals surface area contributed by atoms with Crippen LogP contribution in [0.25, 0.3) is 28.1 Å². The van der Waals surface area contributed by atoms with E-state index in [9.17, 15) is 79.2 Å². The van der Waals surface area contributed by atoms with Gasteiger partial charge in [0.05, 0.1) is 25.7 Å². The molecule has 0 spiro atoms. The second-order valence-electron chi connectivity index (χ2n) is 16.3. The zero-order chi connectivity index (χ0) is 45.8. The number of fused-ring (bicyclic) bond motifs is 8. The van der Waals surface area contributed by atoms with Gasteiger partial charge in [0.2, 0.25) is 0 Å². The second kappa shape index (κ2) is 19.8. The molecule has 63 heavy (non-hydrogen) atoms. The van der Waals surface area contributed by atoms with Gasteiger partial charge in [0.1, 0.15) is 0 Å². The van der Waals surface area contributed by atoms with Crippen molar-refractivity contribution in [3.63, 3.8) is 0 Å². The van der Waals surface area contributed by atoms with Crippen LogP contribution in [0, 0.1) is 28.6 Å². The summed E-state index contributed by atoms with van der Waals surface area (Å²) in [6.07, 6.45) is 0.445. The van der Waals surface area contributed by atoms with E-state index in [1.54, 1.807) is 6.92 Å². The number of carboxylic acid groups (broad SMARTS) is 8. The number of carboxylic acids is 8. The van der Waals surface area contributed by atoms with Crippen molar-refractivity contribution in [1.82, 2.24) is 4.98 Å². The third-order valence-corrected chi connectivity index (χ3v) is 12.0. The first kappa shape index (κ1) is 49.3. The predicted molar refractivity (Wildman–Crippen MR) is 214 cm³/mol. The second-order valence-corrected chi connectivity index (χ2v) is 16.3. The summed E-state index contributed by atoms with van der Waals surface area (Å²) in [6, 6.07) is -1.17. The molecule has 5 rings (SSSR count).